The highest BCUT2D eigenvalue weighted by molar-refractivity contribution is 5.82. The van der Waals surface area contributed by atoms with Crippen LogP contribution in [0.2, 0.25) is 0 Å². The van der Waals surface area contributed by atoms with Crippen molar-refractivity contribution in [1.29, 1.82) is 0 Å². The van der Waals surface area contributed by atoms with E-state index in [-0.39, 0.29) is 23.9 Å². The van der Waals surface area contributed by atoms with Gasteiger partial charge in [0.05, 0.1) is 5.60 Å². The Morgan fingerprint density at radius 3 is 2.79 bits per heavy atom. The van der Waals surface area contributed by atoms with Crippen LogP contribution in [0.25, 0.3) is 0 Å². The molecule has 1 atom stereocenters. The van der Waals surface area contributed by atoms with Crippen LogP contribution in [0.1, 0.15) is 32.1 Å². The summed E-state index contributed by atoms with van der Waals surface area (Å²) in [6, 6.07) is 9.53. The van der Waals surface area contributed by atoms with E-state index in [1.165, 1.54) is 6.42 Å². The number of rotatable bonds is 4. The molecule has 1 aliphatic heterocycles. The molecule has 1 heterocycles. The maximum atomic E-state index is 12.2. The SMILES string of the molecule is O=C(COc1ccccc1)C1CCOC2(CCC2)C1. The van der Waals surface area contributed by atoms with E-state index in [0.717, 1.165) is 38.0 Å². The van der Waals surface area contributed by atoms with Crippen LogP contribution >= 0.6 is 0 Å². The molecule has 3 rings (SSSR count). The number of Topliss-reactive ketones (excluding diaryl/α,β-unsaturated/α-hetero) is 1. The number of benzene rings is 1. The lowest BCUT2D eigenvalue weighted by Crippen LogP contribution is -2.47. The van der Waals surface area contributed by atoms with Crippen LogP contribution in [-0.4, -0.2) is 24.6 Å². The fourth-order valence-corrected chi connectivity index (χ4v) is 3.01. The van der Waals surface area contributed by atoms with E-state index in [4.69, 9.17) is 9.47 Å². The smallest absolute Gasteiger partial charge is 0.173 e. The first-order chi connectivity index (χ1) is 9.27. The largest absolute Gasteiger partial charge is 0.486 e. The molecule has 1 saturated carbocycles. The predicted molar refractivity (Wildman–Crippen MR) is 72.2 cm³/mol. The van der Waals surface area contributed by atoms with Crippen LogP contribution in [0.4, 0.5) is 0 Å². The number of ether oxygens (including phenoxy) is 2. The second-order valence-electron chi connectivity index (χ2n) is 5.64. The molecule has 1 unspecified atom stereocenters. The number of hydrogen-bond acceptors (Lipinski definition) is 3. The molecule has 1 spiro atoms. The summed E-state index contributed by atoms with van der Waals surface area (Å²) in [6.07, 6.45) is 5.22. The normalized spacial score (nSPS) is 24.7. The predicted octanol–water partition coefficient (Wildman–Crippen LogP) is 2.98. The first kappa shape index (κ1) is 12.7. The van der Waals surface area contributed by atoms with Crippen LogP contribution in [-0.2, 0) is 9.53 Å². The Kier molecular flexibility index (Phi) is 3.56. The zero-order chi connectivity index (χ0) is 13.1. The fraction of sp³-hybridized carbons (Fsp3) is 0.562. The van der Waals surface area contributed by atoms with Gasteiger partial charge in [-0.2, -0.15) is 0 Å². The number of carbonyl (C=O) groups excluding carboxylic acids is 1. The van der Waals surface area contributed by atoms with Crippen LogP contribution in [0.3, 0.4) is 0 Å². The van der Waals surface area contributed by atoms with Crippen molar-refractivity contribution in [2.45, 2.75) is 37.7 Å². The molecule has 19 heavy (non-hydrogen) atoms. The topological polar surface area (TPSA) is 35.5 Å². The summed E-state index contributed by atoms with van der Waals surface area (Å²) in [6.45, 7) is 0.909. The minimum Gasteiger partial charge on any atom is -0.486 e. The summed E-state index contributed by atoms with van der Waals surface area (Å²) in [5, 5.41) is 0. The molecule has 3 heteroatoms. The molecule has 1 aromatic rings. The van der Waals surface area contributed by atoms with Gasteiger partial charge in [0.15, 0.2) is 5.78 Å². The third-order valence-corrected chi connectivity index (χ3v) is 4.34. The highest BCUT2D eigenvalue weighted by Crippen LogP contribution is 2.44. The van der Waals surface area contributed by atoms with Gasteiger partial charge in [-0.25, -0.2) is 0 Å². The Balaban J connectivity index is 1.52. The van der Waals surface area contributed by atoms with E-state index in [0.29, 0.717) is 0 Å². The number of carbonyl (C=O) groups is 1. The highest BCUT2D eigenvalue weighted by atomic mass is 16.5. The molecule has 102 valence electrons. The number of ketones is 1. The van der Waals surface area contributed by atoms with E-state index in [2.05, 4.69) is 0 Å². The Morgan fingerprint density at radius 1 is 1.32 bits per heavy atom. The quantitative estimate of drug-likeness (QED) is 0.835. The lowest BCUT2D eigenvalue weighted by Gasteiger charge is -2.46. The molecule has 2 fully saturated rings. The van der Waals surface area contributed by atoms with Gasteiger partial charge in [-0.05, 0) is 44.2 Å². The van der Waals surface area contributed by atoms with Gasteiger partial charge in [-0.15, -0.1) is 0 Å². The summed E-state index contributed by atoms with van der Waals surface area (Å²) < 4.78 is 11.4. The molecule has 1 aliphatic carbocycles. The molecule has 1 aromatic carbocycles. The monoisotopic (exact) mass is 260 g/mol. The second-order valence-corrected chi connectivity index (χ2v) is 5.64. The number of para-hydroxylation sites is 1. The second kappa shape index (κ2) is 5.33. The standard InChI is InChI=1S/C16H20O3/c17-15(12-18-14-5-2-1-3-6-14)13-7-10-19-16(11-13)8-4-9-16/h1-3,5-6,13H,4,7-12H2. The summed E-state index contributed by atoms with van der Waals surface area (Å²) >= 11 is 0. The summed E-state index contributed by atoms with van der Waals surface area (Å²) in [5.41, 5.74) is 0.0331. The maximum absolute atomic E-state index is 12.2. The van der Waals surface area contributed by atoms with Gasteiger partial charge >= 0.3 is 0 Å². The summed E-state index contributed by atoms with van der Waals surface area (Å²) in [7, 11) is 0. The molecular formula is C16H20O3. The van der Waals surface area contributed by atoms with E-state index in [9.17, 15) is 4.79 Å². The van der Waals surface area contributed by atoms with Crippen LogP contribution < -0.4 is 4.74 Å². The van der Waals surface area contributed by atoms with Gasteiger partial charge in [-0.3, -0.25) is 4.79 Å². The Hall–Kier alpha value is -1.35. The van der Waals surface area contributed by atoms with Gasteiger partial charge in [0.2, 0.25) is 0 Å². The first-order valence-corrected chi connectivity index (χ1v) is 7.12. The molecule has 0 bridgehead atoms. The lowest BCUT2D eigenvalue weighted by atomic mass is 9.71. The minimum absolute atomic E-state index is 0.0331. The Morgan fingerprint density at radius 2 is 2.11 bits per heavy atom. The molecular weight excluding hydrogens is 240 g/mol. The molecule has 1 saturated heterocycles. The van der Waals surface area contributed by atoms with Crippen LogP contribution in [0, 0.1) is 5.92 Å². The van der Waals surface area contributed by atoms with Crippen LogP contribution in [0.15, 0.2) is 30.3 Å². The van der Waals surface area contributed by atoms with Crippen molar-refractivity contribution in [2.75, 3.05) is 13.2 Å². The summed E-state index contributed by atoms with van der Waals surface area (Å²) in [4.78, 5) is 12.2. The van der Waals surface area contributed by atoms with Crippen molar-refractivity contribution < 1.29 is 14.3 Å². The van der Waals surface area contributed by atoms with Crippen molar-refractivity contribution in [3.8, 4) is 5.75 Å². The average molecular weight is 260 g/mol. The van der Waals surface area contributed by atoms with E-state index in [1.54, 1.807) is 0 Å². The highest BCUT2D eigenvalue weighted by Gasteiger charge is 2.44. The Bertz CT molecular complexity index is 437. The summed E-state index contributed by atoms with van der Waals surface area (Å²) in [5.74, 6) is 1.11. The zero-order valence-electron chi connectivity index (χ0n) is 11.1. The van der Waals surface area contributed by atoms with Crippen molar-refractivity contribution in [3.63, 3.8) is 0 Å². The molecule has 0 N–H and O–H groups in total. The van der Waals surface area contributed by atoms with Crippen molar-refractivity contribution in [1.82, 2.24) is 0 Å². The van der Waals surface area contributed by atoms with Gasteiger partial charge in [0.1, 0.15) is 12.4 Å². The minimum atomic E-state index is 0.0331. The van der Waals surface area contributed by atoms with Crippen LogP contribution in [0.5, 0.6) is 5.75 Å². The fourth-order valence-electron chi connectivity index (χ4n) is 3.01. The van der Waals surface area contributed by atoms with Crippen molar-refractivity contribution in [3.05, 3.63) is 30.3 Å². The first-order valence-electron chi connectivity index (χ1n) is 7.12. The molecule has 0 aromatic heterocycles. The number of hydrogen-bond donors (Lipinski definition) is 0. The third kappa shape index (κ3) is 2.81. The van der Waals surface area contributed by atoms with E-state index >= 15 is 0 Å². The van der Waals surface area contributed by atoms with Crippen molar-refractivity contribution >= 4 is 5.78 Å². The Labute approximate surface area is 113 Å². The molecule has 3 nitrogen and oxygen atoms in total. The molecule has 0 amide bonds. The van der Waals surface area contributed by atoms with Gasteiger partial charge < -0.3 is 9.47 Å². The van der Waals surface area contributed by atoms with E-state index < -0.39 is 0 Å². The lowest BCUT2D eigenvalue weighted by molar-refractivity contribution is -0.156. The van der Waals surface area contributed by atoms with E-state index in [1.807, 2.05) is 30.3 Å². The van der Waals surface area contributed by atoms with Crippen molar-refractivity contribution in [2.24, 2.45) is 5.92 Å². The third-order valence-electron chi connectivity index (χ3n) is 4.34. The van der Waals surface area contributed by atoms with Gasteiger partial charge in [-0.1, -0.05) is 18.2 Å². The van der Waals surface area contributed by atoms with Gasteiger partial charge in [0.25, 0.3) is 0 Å². The zero-order valence-corrected chi connectivity index (χ0v) is 11.1. The maximum Gasteiger partial charge on any atom is 0.173 e. The van der Waals surface area contributed by atoms with Gasteiger partial charge in [0, 0.05) is 12.5 Å². The average Bonchev–Trinajstić information content (AvgIpc) is 2.44. The molecule has 2 aliphatic rings. The molecule has 0 radical (unpaired) electrons.